The Kier molecular flexibility index (Phi) is 4.99. The van der Waals surface area contributed by atoms with Crippen molar-refractivity contribution in [1.82, 2.24) is 0 Å². The first kappa shape index (κ1) is 14.4. The Morgan fingerprint density at radius 3 is 2.50 bits per heavy atom. The SMILES string of the molecule is CCCCN(Cc1cc(N)cc(F)c1)c1ccccc1. The van der Waals surface area contributed by atoms with Gasteiger partial charge in [-0.3, -0.25) is 0 Å². The van der Waals surface area contributed by atoms with Gasteiger partial charge >= 0.3 is 0 Å². The number of para-hydroxylation sites is 1. The molecule has 0 saturated heterocycles. The number of rotatable bonds is 6. The zero-order valence-electron chi connectivity index (χ0n) is 11.8. The lowest BCUT2D eigenvalue weighted by Crippen LogP contribution is -2.23. The lowest BCUT2D eigenvalue weighted by atomic mass is 10.1. The van der Waals surface area contributed by atoms with E-state index in [0.717, 1.165) is 30.6 Å². The van der Waals surface area contributed by atoms with Crippen molar-refractivity contribution >= 4 is 11.4 Å². The van der Waals surface area contributed by atoms with Crippen molar-refractivity contribution < 1.29 is 4.39 Å². The molecule has 2 N–H and O–H groups in total. The molecule has 0 aliphatic heterocycles. The molecule has 20 heavy (non-hydrogen) atoms. The number of benzene rings is 2. The summed E-state index contributed by atoms with van der Waals surface area (Å²) in [6.45, 7) is 3.80. The molecule has 0 unspecified atom stereocenters. The number of nitrogens with two attached hydrogens (primary N) is 1. The van der Waals surface area contributed by atoms with Gasteiger partial charge in [-0.05, 0) is 42.3 Å². The monoisotopic (exact) mass is 272 g/mol. The van der Waals surface area contributed by atoms with Gasteiger partial charge in [0.05, 0.1) is 0 Å². The Balaban J connectivity index is 2.19. The first-order chi connectivity index (χ1) is 9.69. The van der Waals surface area contributed by atoms with Crippen LogP contribution in [0, 0.1) is 5.82 Å². The van der Waals surface area contributed by atoms with Crippen molar-refractivity contribution in [3.63, 3.8) is 0 Å². The van der Waals surface area contributed by atoms with E-state index in [0.29, 0.717) is 12.2 Å². The van der Waals surface area contributed by atoms with E-state index in [-0.39, 0.29) is 5.82 Å². The summed E-state index contributed by atoms with van der Waals surface area (Å²) < 4.78 is 13.4. The molecule has 0 fully saturated rings. The molecule has 3 heteroatoms. The maximum atomic E-state index is 13.4. The number of nitrogens with zero attached hydrogens (tertiary/aromatic N) is 1. The van der Waals surface area contributed by atoms with Crippen LogP contribution in [0.2, 0.25) is 0 Å². The lowest BCUT2D eigenvalue weighted by Gasteiger charge is -2.25. The average molecular weight is 272 g/mol. The first-order valence-electron chi connectivity index (χ1n) is 7.04. The van der Waals surface area contributed by atoms with E-state index in [2.05, 4.69) is 24.0 Å². The minimum Gasteiger partial charge on any atom is -0.399 e. The summed E-state index contributed by atoms with van der Waals surface area (Å²) in [6.07, 6.45) is 2.24. The fourth-order valence-corrected chi connectivity index (χ4v) is 2.27. The van der Waals surface area contributed by atoms with Crippen LogP contribution in [0.25, 0.3) is 0 Å². The minimum atomic E-state index is -0.275. The van der Waals surface area contributed by atoms with Crippen molar-refractivity contribution in [3.05, 3.63) is 59.9 Å². The van der Waals surface area contributed by atoms with Gasteiger partial charge in [0.15, 0.2) is 0 Å². The molecule has 2 nitrogen and oxygen atoms in total. The van der Waals surface area contributed by atoms with E-state index in [4.69, 9.17) is 5.73 Å². The highest BCUT2D eigenvalue weighted by Gasteiger charge is 2.08. The van der Waals surface area contributed by atoms with E-state index in [1.165, 1.54) is 6.07 Å². The summed E-state index contributed by atoms with van der Waals surface area (Å²) in [5.41, 5.74) is 8.25. The smallest absolute Gasteiger partial charge is 0.125 e. The average Bonchev–Trinajstić information content (AvgIpc) is 2.43. The molecule has 0 radical (unpaired) electrons. The van der Waals surface area contributed by atoms with Gasteiger partial charge in [-0.2, -0.15) is 0 Å². The molecule has 2 rings (SSSR count). The molecule has 2 aromatic rings. The molecule has 0 aromatic heterocycles. The van der Waals surface area contributed by atoms with Gasteiger partial charge in [-0.25, -0.2) is 4.39 Å². The highest BCUT2D eigenvalue weighted by atomic mass is 19.1. The number of hydrogen-bond acceptors (Lipinski definition) is 2. The summed E-state index contributed by atoms with van der Waals surface area (Å²) in [6, 6.07) is 15.0. The Morgan fingerprint density at radius 1 is 1.10 bits per heavy atom. The summed E-state index contributed by atoms with van der Waals surface area (Å²) in [5.74, 6) is -0.275. The second-order valence-electron chi connectivity index (χ2n) is 5.00. The summed E-state index contributed by atoms with van der Waals surface area (Å²) in [5, 5.41) is 0. The summed E-state index contributed by atoms with van der Waals surface area (Å²) >= 11 is 0. The van der Waals surface area contributed by atoms with Gasteiger partial charge < -0.3 is 10.6 Å². The Hall–Kier alpha value is -2.03. The Morgan fingerprint density at radius 2 is 1.85 bits per heavy atom. The van der Waals surface area contributed by atoms with E-state index in [1.54, 1.807) is 6.07 Å². The number of nitrogen functional groups attached to an aromatic ring is 1. The molecule has 0 heterocycles. The number of anilines is 2. The molecule has 0 amide bonds. The minimum absolute atomic E-state index is 0.275. The van der Waals surface area contributed by atoms with Gasteiger partial charge in [-0.1, -0.05) is 31.5 Å². The van der Waals surface area contributed by atoms with Crippen LogP contribution in [-0.2, 0) is 6.54 Å². The fraction of sp³-hybridized carbons (Fsp3) is 0.294. The summed E-state index contributed by atoms with van der Waals surface area (Å²) in [4.78, 5) is 2.26. The molecule has 0 aliphatic rings. The van der Waals surface area contributed by atoms with Crippen molar-refractivity contribution in [2.45, 2.75) is 26.3 Å². The molecular formula is C17H21FN2. The predicted molar refractivity (Wildman–Crippen MR) is 83.2 cm³/mol. The predicted octanol–water partition coefficient (Wildman–Crippen LogP) is 4.21. The first-order valence-corrected chi connectivity index (χ1v) is 7.04. The number of unbranched alkanes of at least 4 members (excludes halogenated alkanes) is 1. The van der Waals surface area contributed by atoms with Crippen LogP contribution in [0.5, 0.6) is 0 Å². The van der Waals surface area contributed by atoms with Gasteiger partial charge in [0, 0.05) is 24.5 Å². The van der Waals surface area contributed by atoms with Crippen LogP contribution >= 0.6 is 0 Å². The van der Waals surface area contributed by atoms with Gasteiger partial charge in [0.1, 0.15) is 5.82 Å². The van der Waals surface area contributed by atoms with Crippen LogP contribution in [-0.4, -0.2) is 6.54 Å². The highest BCUT2D eigenvalue weighted by Crippen LogP contribution is 2.19. The zero-order chi connectivity index (χ0) is 14.4. The Labute approximate surface area is 120 Å². The third-order valence-corrected chi connectivity index (χ3v) is 3.26. The normalized spacial score (nSPS) is 10.5. The van der Waals surface area contributed by atoms with Crippen LogP contribution < -0.4 is 10.6 Å². The van der Waals surface area contributed by atoms with Crippen molar-refractivity contribution in [3.8, 4) is 0 Å². The van der Waals surface area contributed by atoms with Crippen LogP contribution in [0.1, 0.15) is 25.3 Å². The summed E-state index contributed by atoms with van der Waals surface area (Å²) in [7, 11) is 0. The lowest BCUT2D eigenvalue weighted by molar-refractivity contribution is 0.624. The van der Waals surface area contributed by atoms with E-state index >= 15 is 0 Å². The molecule has 0 saturated carbocycles. The van der Waals surface area contributed by atoms with Crippen molar-refractivity contribution in [1.29, 1.82) is 0 Å². The highest BCUT2D eigenvalue weighted by molar-refractivity contribution is 5.48. The largest absolute Gasteiger partial charge is 0.399 e. The third-order valence-electron chi connectivity index (χ3n) is 3.26. The zero-order valence-corrected chi connectivity index (χ0v) is 11.8. The second kappa shape index (κ2) is 6.94. The topological polar surface area (TPSA) is 29.3 Å². The quantitative estimate of drug-likeness (QED) is 0.798. The molecule has 0 atom stereocenters. The molecular weight excluding hydrogens is 251 g/mol. The third kappa shape index (κ3) is 3.98. The number of halogens is 1. The molecule has 0 aliphatic carbocycles. The maximum absolute atomic E-state index is 13.4. The maximum Gasteiger partial charge on any atom is 0.125 e. The van der Waals surface area contributed by atoms with Gasteiger partial charge in [0.2, 0.25) is 0 Å². The van der Waals surface area contributed by atoms with Gasteiger partial charge in [0.25, 0.3) is 0 Å². The van der Waals surface area contributed by atoms with Gasteiger partial charge in [-0.15, -0.1) is 0 Å². The number of hydrogen-bond donors (Lipinski definition) is 1. The standard InChI is InChI=1S/C17H21FN2/c1-2-3-9-20(17-7-5-4-6-8-17)13-14-10-15(18)12-16(19)11-14/h4-8,10-12H,2-3,9,13,19H2,1H3. The second-order valence-corrected chi connectivity index (χ2v) is 5.00. The van der Waals surface area contributed by atoms with Crippen LogP contribution in [0.3, 0.4) is 0 Å². The van der Waals surface area contributed by atoms with E-state index in [9.17, 15) is 4.39 Å². The Bertz CT molecular complexity index is 520. The fourth-order valence-electron chi connectivity index (χ4n) is 2.27. The van der Waals surface area contributed by atoms with Crippen LogP contribution in [0.15, 0.2) is 48.5 Å². The molecule has 0 spiro atoms. The van der Waals surface area contributed by atoms with Crippen LogP contribution in [0.4, 0.5) is 15.8 Å². The van der Waals surface area contributed by atoms with E-state index in [1.807, 2.05) is 24.3 Å². The molecule has 0 bridgehead atoms. The molecule has 106 valence electrons. The molecule has 2 aromatic carbocycles. The van der Waals surface area contributed by atoms with Crippen molar-refractivity contribution in [2.24, 2.45) is 0 Å². The van der Waals surface area contributed by atoms with E-state index < -0.39 is 0 Å². The van der Waals surface area contributed by atoms with Crippen molar-refractivity contribution in [2.75, 3.05) is 17.2 Å².